The van der Waals surface area contributed by atoms with Gasteiger partial charge < -0.3 is 15.2 Å². The zero-order valence-corrected chi connectivity index (χ0v) is 11.5. The molecule has 1 atom stereocenters. The van der Waals surface area contributed by atoms with E-state index >= 15 is 0 Å². The highest BCUT2D eigenvalue weighted by Crippen LogP contribution is 2.37. The first kappa shape index (κ1) is 15.2. The molecule has 2 aromatic carbocycles. The number of nitrogens with two attached hydrogens (primary N) is 1. The molecule has 0 aliphatic heterocycles. The van der Waals surface area contributed by atoms with Gasteiger partial charge >= 0.3 is 0 Å². The van der Waals surface area contributed by atoms with Crippen LogP contribution in [0.25, 0.3) is 0 Å². The van der Waals surface area contributed by atoms with E-state index in [1.165, 1.54) is 14.2 Å². The number of ether oxygens (including phenoxy) is 2. The van der Waals surface area contributed by atoms with E-state index in [1.807, 2.05) is 0 Å². The Morgan fingerprint density at radius 1 is 0.905 bits per heavy atom. The maximum atomic E-state index is 13.9. The van der Waals surface area contributed by atoms with Crippen LogP contribution in [0.2, 0.25) is 0 Å². The van der Waals surface area contributed by atoms with Crippen molar-refractivity contribution in [3.63, 3.8) is 0 Å². The molecule has 0 bridgehead atoms. The Morgan fingerprint density at radius 3 is 2.00 bits per heavy atom. The average molecular weight is 297 g/mol. The molecule has 0 saturated heterocycles. The highest BCUT2D eigenvalue weighted by atomic mass is 19.2. The van der Waals surface area contributed by atoms with Crippen molar-refractivity contribution in [1.82, 2.24) is 0 Å². The Kier molecular flexibility index (Phi) is 4.37. The first-order valence-corrected chi connectivity index (χ1v) is 6.11. The van der Waals surface area contributed by atoms with Crippen molar-refractivity contribution in [2.24, 2.45) is 5.73 Å². The monoisotopic (exact) mass is 297 g/mol. The molecule has 112 valence electrons. The van der Waals surface area contributed by atoms with Gasteiger partial charge in [0.25, 0.3) is 0 Å². The summed E-state index contributed by atoms with van der Waals surface area (Å²) in [5.41, 5.74) is 6.17. The Morgan fingerprint density at radius 2 is 1.48 bits per heavy atom. The molecule has 0 heterocycles. The fourth-order valence-corrected chi connectivity index (χ4v) is 2.12. The average Bonchev–Trinajstić information content (AvgIpc) is 2.51. The third kappa shape index (κ3) is 2.67. The predicted octanol–water partition coefficient (Wildman–Crippen LogP) is 3.17. The lowest BCUT2D eigenvalue weighted by atomic mass is 9.97. The molecule has 6 heteroatoms. The van der Waals surface area contributed by atoms with Gasteiger partial charge in [0, 0.05) is 5.56 Å². The van der Waals surface area contributed by atoms with Crippen LogP contribution in [0.3, 0.4) is 0 Å². The van der Waals surface area contributed by atoms with Gasteiger partial charge in [-0.05, 0) is 18.2 Å². The van der Waals surface area contributed by atoms with Crippen LogP contribution in [0.1, 0.15) is 17.2 Å². The van der Waals surface area contributed by atoms with Crippen LogP contribution < -0.4 is 15.2 Å². The molecule has 0 amide bonds. The van der Waals surface area contributed by atoms with Crippen LogP contribution in [0, 0.1) is 17.5 Å². The Labute approximate surface area is 120 Å². The SMILES string of the molecule is COc1cccc(OC)c1C(N)c1ccc(F)c(F)c1F. The fourth-order valence-electron chi connectivity index (χ4n) is 2.12. The molecule has 1 unspecified atom stereocenters. The Bertz CT molecular complexity index is 639. The molecule has 0 aliphatic rings. The summed E-state index contributed by atoms with van der Waals surface area (Å²) in [4.78, 5) is 0. The summed E-state index contributed by atoms with van der Waals surface area (Å²) in [5.74, 6) is -3.42. The molecule has 2 rings (SSSR count). The van der Waals surface area contributed by atoms with Gasteiger partial charge in [0.05, 0.1) is 25.8 Å². The molecule has 0 spiro atoms. The minimum absolute atomic E-state index is 0.184. The highest BCUT2D eigenvalue weighted by molar-refractivity contribution is 5.50. The molecule has 0 aliphatic carbocycles. The maximum Gasteiger partial charge on any atom is 0.194 e. The van der Waals surface area contributed by atoms with E-state index < -0.39 is 23.5 Å². The standard InChI is InChI=1S/C15H14F3NO2/c1-20-10-4-3-5-11(21-2)12(10)15(19)8-6-7-9(16)14(18)13(8)17/h3-7,15H,19H2,1-2H3. The van der Waals surface area contributed by atoms with Crippen LogP contribution >= 0.6 is 0 Å². The van der Waals surface area contributed by atoms with Gasteiger partial charge in [-0.15, -0.1) is 0 Å². The number of benzene rings is 2. The van der Waals surface area contributed by atoms with Gasteiger partial charge in [0.2, 0.25) is 0 Å². The quantitative estimate of drug-likeness (QED) is 0.882. The molecule has 3 nitrogen and oxygen atoms in total. The topological polar surface area (TPSA) is 44.5 Å². The minimum Gasteiger partial charge on any atom is -0.496 e. The molecular weight excluding hydrogens is 283 g/mol. The van der Waals surface area contributed by atoms with E-state index in [4.69, 9.17) is 15.2 Å². The summed E-state index contributed by atoms with van der Waals surface area (Å²) in [6, 6.07) is 5.78. The summed E-state index contributed by atoms with van der Waals surface area (Å²) >= 11 is 0. The van der Waals surface area contributed by atoms with E-state index in [-0.39, 0.29) is 5.56 Å². The predicted molar refractivity (Wildman–Crippen MR) is 71.9 cm³/mol. The number of hydrogen-bond acceptors (Lipinski definition) is 3. The van der Waals surface area contributed by atoms with Crippen LogP contribution in [0.5, 0.6) is 11.5 Å². The zero-order chi connectivity index (χ0) is 15.6. The van der Waals surface area contributed by atoms with Crippen LogP contribution in [0.15, 0.2) is 30.3 Å². The summed E-state index contributed by atoms with van der Waals surface area (Å²) in [5, 5.41) is 0. The third-order valence-electron chi connectivity index (χ3n) is 3.18. The van der Waals surface area contributed by atoms with Crippen molar-refractivity contribution in [1.29, 1.82) is 0 Å². The lowest BCUT2D eigenvalue weighted by molar-refractivity contribution is 0.380. The summed E-state index contributed by atoms with van der Waals surface area (Å²) in [6.07, 6.45) is 0. The van der Waals surface area contributed by atoms with E-state index in [1.54, 1.807) is 18.2 Å². The molecule has 0 saturated carbocycles. The zero-order valence-electron chi connectivity index (χ0n) is 11.5. The summed E-state index contributed by atoms with van der Waals surface area (Å²) in [7, 11) is 2.85. The molecule has 0 aromatic heterocycles. The molecule has 2 aromatic rings. The van der Waals surface area contributed by atoms with Gasteiger partial charge in [0.1, 0.15) is 11.5 Å². The van der Waals surface area contributed by atoms with E-state index in [9.17, 15) is 13.2 Å². The molecule has 0 fully saturated rings. The lowest BCUT2D eigenvalue weighted by Gasteiger charge is -2.19. The van der Waals surface area contributed by atoms with Crippen molar-refractivity contribution in [3.05, 3.63) is 58.9 Å². The molecule has 21 heavy (non-hydrogen) atoms. The van der Waals surface area contributed by atoms with Crippen molar-refractivity contribution in [2.45, 2.75) is 6.04 Å². The Hall–Kier alpha value is -2.21. The number of halogens is 3. The second-order valence-corrected chi connectivity index (χ2v) is 4.32. The van der Waals surface area contributed by atoms with E-state index in [0.29, 0.717) is 17.1 Å². The number of hydrogen-bond donors (Lipinski definition) is 1. The third-order valence-corrected chi connectivity index (χ3v) is 3.18. The fraction of sp³-hybridized carbons (Fsp3) is 0.200. The second kappa shape index (κ2) is 6.05. The van der Waals surface area contributed by atoms with Crippen LogP contribution in [0.4, 0.5) is 13.2 Å². The molecule has 2 N–H and O–H groups in total. The maximum absolute atomic E-state index is 13.9. The van der Waals surface area contributed by atoms with Gasteiger partial charge in [-0.1, -0.05) is 12.1 Å². The van der Waals surface area contributed by atoms with Crippen molar-refractivity contribution in [2.75, 3.05) is 14.2 Å². The summed E-state index contributed by atoms with van der Waals surface area (Å²) < 4.78 is 50.6. The van der Waals surface area contributed by atoms with Crippen molar-refractivity contribution >= 4 is 0 Å². The van der Waals surface area contributed by atoms with Gasteiger partial charge in [0.15, 0.2) is 17.5 Å². The van der Waals surface area contributed by atoms with Crippen molar-refractivity contribution < 1.29 is 22.6 Å². The normalized spacial score (nSPS) is 12.1. The first-order chi connectivity index (χ1) is 10.0. The number of methoxy groups -OCH3 is 2. The van der Waals surface area contributed by atoms with Gasteiger partial charge in [-0.25, -0.2) is 13.2 Å². The Balaban J connectivity index is 2.60. The minimum atomic E-state index is -1.56. The van der Waals surface area contributed by atoms with E-state index in [2.05, 4.69) is 0 Å². The smallest absolute Gasteiger partial charge is 0.194 e. The molecule has 0 radical (unpaired) electrons. The molecular formula is C15H14F3NO2. The highest BCUT2D eigenvalue weighted by Gasteiger charge is 2.24. The number of rotatable bonds is 4. The first-order valence-electron chi connectivity index (χ1n) is 6.11. The second-order valence-electron chi connectivity index (χ2n) is 4.32. The summed E-state index contributed by atoms with van der Waals surface area (Å²) in [6.45, 7) is 0. The van der Waals surface area contributed by atoms with Gasteiger partial charge in [-0.3, -0.25) is 0 Å². The van der Waals surface area contributed by atoms with Gasteiger partial charge in [-0.2, -0.15) is 0 Å². The van der Waals surface area contributed by atoms with Crippen molar-refractivity contribution in [3.8, 4) is 11.5 Å². The van der Waals surface area contributed by atoms with Crippen LogP contribution in [-0.4, -0.2) is 14.2 Å². The largest absolute Gasteiger partial charge is 0.496 e. The van der Waals surface area contributed by atoms with Crippen LogP contribution in [-0.2, 0) is 0 Å². The lowest BCUT2D eigenvalue weighted by Crippen LogP contribution is -2.17. The van der Waals surface area contributed by atoms with E-state index in [0.717, 1.165) is 12.1 Å².